The molecule has 0 bridgehead atoms. The largest absolute Gasteiger partial charge is 0.331 e. The number of anilines is 2. The van der Waals surface area contributed by atoms with Gasteiger partial charge >= 0.3 is 0 Å². The Morgan fingerprint density at radius 2 is 1.89 bits per heavy atom. The van der Waals surface area contributed by atoms with Gasteiger partial charge in [-0.2, -0.15) is 0 Å². The van der Waals surface area contributed by atoms with E-state index < -0.39 is 0 Å². The zero-order valence-electron chi connectivity index (χ0n) is 9.15. The molecular weight excluding hydrogens is 287 g/mol. The first-order valence-electron chi connectivity index (χ1n) is 5.30. The Morgan fingerprint density at radius 3 is 2.67 bits per heavy atom. The van der Waals surface area contributed by atoms with E-state index >= 15 is 0 Å². The lowest BCUT2D eigenvalue weighted by molar-refractivity contribution is 1.44. The lowest BCUT2D eigenvalue weighted by Gasteiger charge is -2.01. The van der Waals surface area contributed by atoms with Gasteiger partial charge in [0.05, 0.1) is 15.2 Å². The van der Waals surface area contributed by atoms with Gasteiger partial charge < -0.3 is 5.32 Å². The summed E-state index contributed by atoms with van der Waals surface area (Å²) in [5, 5.41) is 5.45. The first kappa shape index (κ1) is 11.8. The molecule has 0 spiro atoms. The summed E-state index contributed by atoms with van der Waals surface area (Å²) in [5.41, 5.74) is 1.81. The number of thiazole rings is 1. The minimum absolute atomic E-state index is 0.694. The van der Waals surface area contributed by atoms with E-state index in [1.807, 2.05) is 42.5 Å². The number of fused-ring (bicyclic) bond motifs is 1. The second-order valence-corrected chi connectivity index (χ2v) is 5.59. The van der Waals surface area contributed by atoms with Crippen LogP contribution in [0.5, 0.6) is 0 Å². The molecule has 3 rings (SSSR count). The first-order valence-corrected chi connectivity index (χ1v) is 6.87. The minimum Gasteiger partial charge on any atom is -0.331 e. The number of hydrogen-bond acceptors (Lipinski definition) is 3. The third-order valence-electron chi connectivity index (χ3n) is 2.44. The van der Waals surface area contributed by atoms with E-state index in [0.717, 1.165) is 26.1 Å². The number of nitrogens with one attached hydrogen (secondary N) is 1. The number of aromatic nitrogens is 1. The maximum Gasteiger partial charge on any atom is 0.188 e. The number of rotatable bonds is 2. The van der Waals surface area contributed by atoms with Gasteiger partial charge in [0, 0.05) is 10.7 Å². The molecule has 0 aliphatic carbocycles. The molecule has 0 amide bonds. The predicted octanol–water partition coefficient (Wildman–Crippen LogP) is 5.35. The first-order chi connectivity index (χ1) is 8.72. The van der Waals surface area contributed by atoms with E-state index in [4.69, 9.17) is 23.2 Å². The van der Waals surface area contributed by atoms with Crippen LogP contribution in [0.4, 0.5) is 10.8 Å². The maximum atomic E-state index is 6.12. The molecule has 3 aromatic rings. The SMILES string of the molecule is Clc1cccc(Nc2nc3cccc(Cl)c3s2)c1. The highest BCUT2D eigenvalue weighted by Gasteiger charge is 2.06. The lowest BCUT2D eigenvalue weighted by atomic mass is 10.3. The van der Waals surface area contributed by atoms with Gasteiger partial charge in [0.15, 0.2) is 5.13 Å². The molecule has 0 saturated heterocycles. The smallest absolute Gasteiger partial charge is 0.188 e. The number of hydrogen-bond donors (Lipinski definition) is 1. The summed E-state index contributed by atoms with van der Waals surface area (Å²) in [5.74, 6) is 0. The average molecular weight is 295 g/mol. The van der Waals surface area contributed by atoms with Crippen molar-refractivity contribution >= 4 is 55.6 Å². The Balaban J connectivity index is 1.98. The van der Waals surface area contributed by atoms with Crippen molar-refractivity contribution in [3.63, 3.8) is 0 Å². The van der Waals surface area contributed by atoms with Crippen LogP contribution in [0.2, 0.25) is 10.0 Å². The highest BCUT2D eigenvalue weighted by Crippen LogP contribution is 2.33. The number of nitrogens with zero attached hydrogens (tertiary/aromatic N) is 1. The Morgan fingerprint density at radius 1 is 1.06 bits per heavy atom. The molecule has 0 saturated carbocycles. The van der Waals surface area contributed by atoms with Gasteiger partial charge in [-0.1, -0.05) is 46.7 Å². The highest BCUT2D eigenvalue weighted by molar-refractivity contribution is 7.22. The lowest BCUT2D eigenvalue weighted by Crippen LogP contribution is -1.88. The molecule has 1 heterocycles. The quantitative estimate of drug-likeness (QED) is 0.689. The maximum absolute atomic E-state index is 6.12. The summed E-state index contributed by atoms with van der Waals surface area (Å²) in [6.45, 7) is 0. The van der Waals surface area contributed by atoms with Crippen LogP contribution in [-0.4, -0.2) is 4.98 Å². The molecule has 0 unspecified atom stereocenters. The van der Waals surface area contributed by atoms with Gasteiger partial charge in [-0.3, -0.25) is 0 Å². The molecule has 90 valence electrons. The molecule has 1 aromatic heterocycles. The van der Waals surface area contributed by atoms with Crippen LogP contribution < -0.4 is 5.32 Å². The van der Waals surface area contributed by atoms with E-state index in [-0.39, 0.29) is 0 Å². The van der Waals surface area contributed by atoms with Crippen molar-refractivity contribution in [2.24, 2.45) is 0 Å². The van der Waals surface area contributed by atoms with Gasteiger partial charge in [-0.25, -0.2) is 4.98 Å². The number of halogens is 2. The summed E-state index contributed by atoms with van der Waals surface area (Å²) in [7, 11) is 0. The third kappa shape index (κ3) is 2.29. The monoisotopic (exact) mass is 294 g/mol. The van der Waals surface area contributed by atoms with Gasteiger partial charge in [-0.05, 0) is 30.3 Å². The normalized spacial score (nSPS) is 10.8. The molecule has 0 radical (unpaired) electrons. The Labute approximate surface area is 118 Å². The molecule has 0 aliphatic heterocycles. The van der Waals surface area contributed by atoms with Crippen molar-refractivity contribution in [2.45, 2.75) is 0 Å². The fourth-order valence-corrected chi connectivity index (χ4v) is 3.02. The van der Waals surface area contributed by atoms with Crippen LogP contribution in [-0.2, 0) is 0 Å². The van der Waals surface area contributed by atoms with Crippen LogP contribution in [0.25, 0.3) is 10.2 Å². The van der Waals surface area contributed by atoms with E-state index in [9.17, 15) is 0 Å². The molecule has 1 N–H and O–H groups in total. The van der Waals surface area contributed by atoms with E-state index in [1.54, 1.807) is 0 Å². The topological polar surface area (TPSA) is 24.9 Å². The van der Waals surface area contributed by atoms with Crippen molar-refractivity contribution in [2.75, 3.05) is 5.32 Å². The van der Waals surface area contributed by atoms with Gasteiger partial charge in [0.25, 0.3) is 0 Å². The average Bonchev–Trinajstić information content (AvgIpc) is 2.73. The Kier molecular flexibility index (Phi) is 3.12. The summed E-state index contributed by atoms with van der Waals surface area (Å²) in [6.07, 6.45) is 0. The van der Waals surface area contributed by atoms with Crippen LogP contribution in [0, 0.1) is 0 Å². The minimum atomic E-state index is 0.694. The van der Waals surface area contributed by atoms with Crippen molar-refractivity contribution in [3.05, 3.63) is 52.5 Å². The van der Waals surface area contributed by atoms with Gasteiger partial charge in [0.2, 0.25) is 0 Å². The second kappa shape index (κ2) is 4.76. The molecule has 0 atom stereocenters. The predicted molar refractivity (Wildman–Crippen MR) is 79.4 cm³/mol. The van der Waals surface area contributed by atoms with E-state index in [1.165, 1.54) is 11.3 Å². The van der Waals surface area contributed by atoms with Crippen LogP contribution in [0.1, 0.15) is 0 Å². The molecule has 2 nitrogen and oxygen atoms in total. The van der Waals surface area contributed by atoms with E-state index in [0.29, 0.717) is 5.02 Å². The summed E-state index contributed by atoms with van der Waals surface area (Å²) >= 11 is 13.6. The fraction of sp³-hybridized carbons (Fsp3) is 0. The van der Waals surface area contributed by atoms with Gasteiger partial charge in [0.1, 0.15) is 0 Å². The molecule has 18 heavy (non-hydrogen) atoms. The third-order valence-corrected chi connectivity index (χ3v) is 4.12. The Bertz CT molecular complexity index is 709. The highest BCUT2D eigenvalue weighted by atomic mass is 35.5. The van der Waals surface area contributed by atoms with Crippen LogP contribution in [0.15, 0.2) is 42.5 Å². The molecule has 0 aliphatic rings. The van der Waals surface area contributed by atoms with Crippen molar-refractivity contribution in [1.82, 2.24) is 4.98 Å². The van der Waals surface area contributed by atoms with Gasteiger partial charge in [-0.15, -0.1) is 0 Å². The van der Waals surface area contributed by atoms with Crippen LogP contribution >= 0.6 is 34.5 Å². The zero-order chi connectivity index (χ0) is 12.5. The summed E-state index contributed by atoms with van der Waals surface area (Å²) < 4.78 is 0.990. The standard InChI is InChI=1S/C13H8Cl2N2S/c14-8-3-1-4-9(7-8)16-13-17-11-6-2-5-10(15)12(11)18-13/h1-7H,(H,16,17). The van der Waals surface area contributed by atoms with E-state index in [2.05, 4.69) is 10.3 Å². The number of benzene rings is 2. The molecule has 5 heteroatoms. The van der Waals surface area contributed by atoms with Crippen molar-refractivity contribution in [1.29, 1.82) is 0 Å². The Hall–Kier alpha value is -1.29. The fourth-order valence-electron chi connectivity index (χ4n) is 1.66. The zero-order valence-corrected chi connectivity index (χ0v) is 11.5. The van der Waals surface area contributed by atoms with Crippen molar-refractivity contribution < 1.29 is 0 Å². The second-order valence-electron chi connectivity index (χ2n) is 3.74. The summed E-state index contributed by atoms with van der Waals surface area (Å²) in [6, 6.07) is 13.2. The van der Waals surface area contributed by atoms with Crippen molar-refractivity contribution in [3.8, 4) is 0 Å². The van der Waals surface area contributed by atoms with Crippen LogP contribution in [0.3, 0.4) is 0 Å². The molecule has 2 aromatic carbocycles. The molecule has 0 fully saturated rings. The summed E-state index contributed by atoms with van der Waals surface area (Å²) in [4.78, 5) is 4.48. The molecular formula is C13H8Cl2N2S.